The third-order valence-electron chi connectivity index (χ3n) is 4.24. The Kier molecular flexibility index (Phi) is 3.74. The average molecular weight is 283 g/mol. The van der Waals surface area contributed by atoms with Crippen molar-refractivity contribution in [1.29, 1.82) is 0 Å². The first-order valence-electron chi connectivity index (χ1n) is 7.26. The van der Waals surface area contributed by atoms with Gasteiger partial charge in [0.15, 0.2) is 0 Å². The summed E-state index contributed by atoms with van der Waals surface area (Å²) in [4.78, 5) is 14.4. The van der Waals surface area contributed by atoms with Gasteiger partial charge in [-0.15, -0.1) is 0 Å². The molecule has 2 aromatic rings. The number of hydrogen-bond acceptors (Lipinski definition) is 1. The Balaban J connectivity index is 1.77. The van der Waals surface area contributed by atoms with E-state index in [1.807, 2.05) is 23.1 Å². The monoisotopic (exact) mass is 283 g/mol. The summed E-state index contributed by atoms with van der Waals surface area (Å²) in [6, 6.07) is 14.9. The van der Waals surface area contributed by atoms with E-state index in [1.165, 1.54) is 11.6 Å². The van der Waals surface area contributed by atoms with Crippen LogP contribution < -0.4 is 0 Å². The topological polar surface area (TPSA) is 20.3 Å². The Morgan fingerprint density at radius 3 is 2.67 bits per heavy atom. The van der Waals surface area contributed by atoms with Gasteiger partial charge in [-0.05, 0) is 36.6 Å². The number of nitrogens with zero attached hydrogens (tertiary/aromatic N) is 1. The fraction of sp³-hybridized carbons (Fsp3) is 0.278. The van der Waals surface area contributed by atoms with E-state index >= 15 is 0 Å². The molecule has 2 nitrogen and oxygen atoms in total. The number of benzene rings is 2. The van der Waals surface area contributed by atoms with Gasteiger partial charge in [-0.25, -0.2) is 4.39 Å². The van der Waals surface area contributed by atoms with Crippen molar-refractivity contribution in [1.82, 2.24) is 4.90 Å². The summed E-state index contributed by atoms with van der Waals surface area (Å²) in [7, 11) is 0. The number of carbonyl (C=O) groups excluding carboxylic acids is 1. The molecule has 1 saturated heterocycles. The molecule has 2 aromatic carbocycles. The summed E-state index contributed by atoms with van der Waals surface area (Å²) >= 11 is 0. The number of hydrogen-bond donors (Lipinski definition) is 0. The van der Waals surface area contributed by atoms with Gasteiger partial charge in [-0.1, -0.05) is 36.4 Å². The molecule has 0 saturated carbocycles. The van der Waals surface area contributed by atoms with Crippen LogP contribution in [0.3, 0.4) is 0 Å². The summed E-state index contributed by atoms with van der Waals surface area (Å²) in [6.45, 7) is 3.10. The Labute approximate surface area is 124 Å². The predicted molar refractivity (Wildman–Crippen MR) is 80.8 cm³/mol. The lowest BCUT2D eigenvalue weighted by Crippen LogP contribution is -2.29. The molecule has 0 radical (unpaired) electrons. The van der Waals surface area contributed by atoms with E-state index in [1.54, 1.807) is 19.1 Å². The molecule has 1 fully saturated rings. The molecule has 1 heterocycles. The van der Waals surface area contributed by atoms with Crippen LogP contribution in [0.15, 0.2) is 48.5 Å². The van der Waals surface area contributed by atoms with Gasteiger partial charge in [-0.3, -0.25) is 4.79 Å². The van der Waals surface area contributed by atoms with Crippen LogP contribution in [0.25, 0.3) is 0 Å². The second-order valence-electron chi connectivity index (χ2n) is 5.56. The quantitative estimate of drug-likeness (QED) is 0.821. The minimum Gasteiger partial charge on any atom is -0.338 e. The molecule has 0 spiro atoms. The van der Waals surface area contributed by atoms with Gasteiger partial charge in [0.05, 0.1) is 0 Å². The minimum atomic E-state index is -0.320. The highest BCUT2D eigenvalue weighted by Gasteiger charge is 2.28. The van der Waals surface area contributed by atoms with E-state index in [4.69, 9.17) is 0 Å². The summed E-state index contributed by atoms with van der Waals surface area (Å²) in [5, 5.41) is 0. The van der Waals surface area contributed by atoms with Crippen LogP contribution in [0, 0.1) is 12.7 Å². The van der Waals surface area contributed by atoms with Crippen molar-refractivity contribution in [2.24, 2.45) is 0 Å². The number of likely N-dealkylation sites (tertiary alicyclic amines) is 1. The van der Waals surface area contributed by atoms with Gasteiger partial charge < -0.3 is 4.90 Å². The molecule has 3 rings (SSSR count). The van der Waals surface area contributed by atoms with Gasteiger partial charge in [0, 0.05) is 24.6 Å². The summed E-state index contributed by atoms with van der Waals surface area (Å²) in [5.41, 5.74) is 2.18. The fourth-order valence-corrected chi connectivity index (χ4v) is 2.95. The van der Waals surface area contributed by atoms with Crippen LogP contribution in [0.4, 0.5) is 4.39 Å². The molecule has 21 heavy (non-hydrogen) atoms. The Bertz CT molecular complexity index is 654. The zero-order valence-electron chi connectivity index (χ0n) is 12.1. The van der Waals surface area contributed by atoms with E-state index in [0.29, 0.717) is 23.6 Å². The molecule has 108 valence electrons. The molecule has 1 amide bonds. The molecule has 0 aliphatic carbocycles. The maximum Gasteiger partial charge on any atom is 0.254 e. The molecule has 0 aromatic heterocycles. The SMILES string of the molecule is Cc1c(F)cccc1C(=O)N1CCC(c2ccccc2)C1. The van der Waals surface area contributed by atoms with Crippen molar-refractivity contribution in [3.63, 3.8) is 0 Å². The van der Waals surface area contributed by atoms with Crippen molar-refractivity contribution in [2.45, 2.75) is 19.3 Å². The summed E-state index contributed by atoms with van der Waals surface area (Å²) < 4.78 is 13.6. The summed E-state index contributed by atoms with van der Waals surface area (Å²) in [5.74, 6) is -0.00546. The van der Waals surface area contributed by atoms with Crippen molar-refractivity contribution in [3.8, 4) is 0 Å². The largest absolute Gasteiger partial charge is 0.338 e. The molecule has 0 bridgehead atoms. The van der Waals surface area contributed by atoms with Crippen LogP contribution >= 0.6 is 0 Å². The third kappa shape index (κ3) is 2.68. The molecule has 1 atom stereocenters. The third-order valence-corrected chi connectivity index (χ3v) is 4.24. The maximum atomic E-state index is 13.6. The van der Waals surface area contributed by atoms with Crippen LogP contribution in [0.5, 0.6) is 0 Å². The number of amides is 1. The summed E-state index contributed by atoms with van der Waals surface area (Å²) in [6.07, 6.45) is 0.962. The van der Waals surface area contributed by atoms with Crippen molar-refractivity contribution in [2.75, 3.05) is 13.1 Å². The van der Waals surface area contributed by atoms with E-state index in [0.717, 1.165) is 13.0 Å². The van der Waals surface area contributed by atoms with E-state index in [2.05, 4.69) is 12.1 Å². The fourth-order valence-electron chi connectivity index (χ4n) is 2.95. The van der Waals surface area contributed by atoms with Crippen molar-refractivity contribution in [3.05, 3.63) is 71.0 Å². The lowest BCUT2D eigenvalue weighted by molar-refractivity contribution is 0.0789. The Morgan fingerprint density at radius 1 is 1.14 bits per heavy atom. The standard InChI is InChI=1S/C18H18FNO/c1-13-16(8-5-9-17(13)19)18(21)20-11-10-15(12-20)14-6-3-2-4-7-14/h2-9,15H,10-12H2,1H3. The predicted octanol–water partition coefficient (Wildman–Crippen LogP) is 3.76. The molecular weight excluding hydrogens is 265 g/mol. The second-order valence-corrected chi connectivity index (χ2v) is 5.56. The molecule has 1 aliphatic heterocycles. The first-order chi connectivity index (χ1) is 10.2. The molecule has 1 aliphatic rings. The highest BCUT2D eigenvalue weighted by Crippen LogP contribution is 2.28. The van der Waals surface area contributed by atoms with Gasteiger partial charge in [0.2, 0.25) is 0 Å². The highest BCUT2D eigenvalue weighted by molar-refractivity contribution is 5.95. The van der Waals surface area contributed by atoms with Gasteiger partial charge in [-0.2, -0.15) is 0 Å². The number of halogens is 1. The van der Waals surface area contributed by atoms with Gasteiger partial charge in [0.25, 0.3) is 5.91 Å². The number of rotatable bonds is 2. The molecule has 1 unspecified atom stereocenters. The normalized spacial score (nSPS) is 18.0. The maximum absolute atomic E-state index is 13.6. The van der Waals surface area contributed by atoms with E-state index < -0.39 is 0 Å². The Hall–Kier alpha value is -2.16. The highest BCUT2D eigenvalue weighted by atomic mass is 19.1. The molecule has 0 N–H and O–H groups in total. The lowest BCUT2D eigenvalue weighted by atomic mass is 9.99. The average Bonchev–Trinajstić information content (AvgIpc) is 3.00. The lowest BCUT2D eigenvalue weighted by Gasteiger charge is -2.18. The van der Waals surface area contributed by atoms with Gasteiger partial charge in [0.1, 0.15) is 5.82 Å². The van der Waals surface area contributed by atoms with E-state index in [9.17, 15) is 9.18 Å². The second kappa shape index (κ2) is 5.68. The Morgan fingerprint density at radius 2 is 1.90 bits per heavy atom. The minimum absolute atomic E-state index is 0.0644. The van der Waals surface area contributed by atoms with E-state index in [-0.39, 0.29) is 11.7 Å². The van der Waals surface area contributed by atoms with Gasteiger partial charge >= 0.3 is 0 Å². The molecule has 3 heteroatoms. The van der Waals surface area contributed by atoms with Crippen LogP contribution in [-0.4, -0.2) is 23.9 Å². The number of carbonyl (C=O) groups is 1. The van der Waals surface area contributed by atoms with Crippen LogP contribution in [0.2, 0.25) is 0 Å². The van der Waals surface area contributed by atoms with Crippen molar-refractivity contribution < 1.29 is 9.18 Å². The van der Waals surface area contributed by atoms with Crippen molar-refractivity contribution >= 4 is 5.91 Å². The zero-order chi connectivity index (χ0) is 14.8. The smallest absolute Gasteiger partial charge is 0.254 e. The van der Waals surface area contributed by atoms with Crippen LogP contribution in [0.1, 0.15) is 33.8 Å². The van der Waals surface area contributed by atoms with Crippen LogP contribution in [-0.2, 0) is 0 Å². The first-order valence-corrected chi connectivity index (χ1v) is 7.26. The first kappa shape index (κ1) is 13.8. The molecular formula is C18H18FNO. The zero-order valence-corrected chi connectivity index (χ0v) is 12.1.